The SMILES string of the molecule is CNCCc1ccc2c(c1)CCC(=O)N2CCO. The average molecular weight is 248 g/mol. The Hall–Kier alpha value is -1.39. The van der Waals surface area contributed by atoms with Gasteiger partial charge in [0, 0.05) is 18.7 Å². The summed E-state index contributed by atoms with van der Waals surface area (Å²) in [6.45, 7) is 1.35. The van der Waals surface area contributed by atoms with Crippen molar-refractivity contribution in [2.75, 3.05) is 31.6 Å². The lowest BCUT2D eigenvalue weighted by atomic mass is 9.97. The third kappa shape index (κ3) is 2.71. The molecule has 0 radical (unpaired) electrons. The molecule has 0 aliphatic carbocycles. The lowest BCUT2D eigenvalue weighted by molar-refractivity contribution is -0.119. The van der Waals surface area contributed by atoms with Crippen LogP contribution in [0.1, 0.15) is 17.5 Å². The van der Waals surface area contributed by atoms with E-state index < -0.39 is 0 Å². The van der Waals surface area contributed by atoms with Crippen molar-refractivity contribution in [2.45, 2.75) is 19.3 Å². The van der Waals surface area contributed by atoms with Crippen LogP contribution in [0.25, 0.3) is 0 Å². The van der Waals surface area contributed by atoms with Crippen molar-refractivity contribution in [3.8, 4) is 0 Å². The van der Waals surface area contributed by atoms with Gasteiger partial charge in [0.25, 0.3) is 0 Å². The standard InChI is InChI=1S/C14H20N2O2/c1-15-7-6-11-2-4-13-12(10-11)3-5-14(18)16(13)8-9-17/h2,4,10,15,17H,3,5-9H2,1H3. The molecule has 0 atom stereocenters. The van der Waals surface area contributed by atoms with Crippen LogP contribution in [-0.4, -0.2) is 37.8 Å². The largest absolute Gasteiger partial charge is 0.395 e. The summed E-state index contributed by atoms with van der Waals surface area (Å²) in [5, 5.41) is 12.2. The number of rotatable bonds is 5. The number of aryl methyl sites for hydroxylation is 1. The van der Waals surface area contributed by atoms with E-state index in [4.69, 9.17) is 5.11 Å². The third-order valence-electron chi connectivity index (χ3n) is 3.33. The third-order valence-corrected chi connectivity index (χ3v) is 3.33. The van der Waals surface area contributed by atoms with Gasteiger partial charge in [-0.05, 0) is 43.6 Å². The maximum atomic E-state index is 11.8. The maximum absolute atomic E-state index is 11.8. The predicted molar refractivity (Wildman–Crippen MR) is 71.8 cm³/mol. The highest BCUT2D eigenvalue weighted by molar-refractivity contribution is 5.96. The van der Waals surface area contributed by atoms with Crippen molar-refractivity contribution in [2.24, 2.45) is 0 Å². The molecule has 1 aromatic carbocycles. The van der Waals surface area contributed by atoms with E-state index in [1.54, 1.807) is 4.90 Å². The topological polar surface area (TPSA) is 52.6 Å². The van der Waals surface area contributed by atoms with Crippen molar-refractivity contribution < 1.29 is 9.90 Å². The number of nitrogens with one attached hydrogen (secondary N) is 1. The van der Waals surface area contributed by atoms with Crippen molar-refractivity contribution in [3.63, 3.8) is 0 Å². The van der Waals surface area contributed by atoms with Crippen molar-refractivity contribution in [3.05, 3.63) is 29.3 Å². The number of aliphatic hydroxyl groups excluding tert-OH is 1. The highest BCUT2D eigenvalue weighted by Gasteiger charge is 2.23. The van der Waals surface area contributed by atoms with Crippen molar-refractivity contribution in [1.82, 2.24) is 5.32 Å². The molecule has 1 amide bonds. The summed E-state index contributed by atoms with van der Waals surface area (Å²) >= 11 is 0. The van der Waals surface area contributed by atoms with Gasteiger partial charge in [0.05, 0.1) is 6.61 Å². The van der Waals surface area contributed by atoms with Crippen LogP contribution in [0.3, 0.4) is 0 Å². The molecule has 4 nitrogen and oxygen atoms in total. The Morgan fingerprint density at radius 1 is 1.39 bits per heavy atom. The summed E-state index contributed by atoms with van der Waals surface area (Å²) in [6.07, 6.45) is 2.35. The molecule has 2 N–H and O–H groups in total. The van der Waals surface area contributed by atoms with Crippen LogP contribution in [0.2, 0.25) is 0 Å². The Labute approximate surface area is 108 Å². The minimum absolute atomic E-state index is 0.00663. The number of anilines is 1. The number of carbonyl (C=O) groups excluding carboxylic acids is 1. The van der Waals surface area contributed by atoms with Gasteiger partial charge in [0.15, 0.2) is 0 Å². The molecule has 1 aromatic rings. The van der Waals surface area contributed by atoms with Gasteiger partial charge in [-0.2, -0.15) is 0 Å². The first-order valence-electron chi connectivity index (χ1n) is 6.44. The van der Waals surface area contributed by atoms with Crippen LogP contribution < -0.4 is 10.2 Å². The van der Waals surface area contributed by atoms with Crippen LogP contribution >= 0.6 is 0 Å². The summed E-state index contributed by atoms with van der Waals surface area (Å²) in [5.41, 5.74) is 3.48. The van der Waals surface area contributed by atoms with Crippen LogP contribution in [0, 0.1) is 0 Å². The quantitative estimate of drug-likeness (QED) is 0.807. The van der Waals surface area contributed by atoms with Gasteiger partial charge >= 0.3 is 0 Å². The Kier molecular flexibility index (Phi) is 4.33. The number of benzene rings is 1. The highest BCUT2D eigenvalue weighted by atomic mass is 16.3. The number of β-amino-alcohol motifs (C(OH)–C–C–N with tert-alkyl or cyclic N) is 1. The van der Waals surface area contributed by atoms with Gasteiger partial charge in [0.2, 0.25) is 5.91 Å². The van der Waals surface area contributed by atoms with Gasteiger partial charge in [-0.15, -0.1) is 0 Å². The monoisotopic (exact) mass is 248 g/mol. The van der Waals surface area contributed by atoms with Crippen molar-refractivity contribution >= 4 is 11.6 Å². The maximum Gasteiger partial charge on any atom is 0.227 e. The van der Waals surface area contributed by atoms with E-state index in [2.05, 4.69) is 17.4 Å². The fraction of sp³-hybridized carbons (Fsp3) is 0.500. The number of hydrogen-bond acceptors (Lipinski definition) is 3. The summed E-state index contributed by atoms with van der Waals surface area (Å²) in [7, 11) is 1.94. The molecular formula is C14H20N2O2. The predicted octanol–water partition coefficient (Wildman–Crippen LogP) is 0.720. The summed E-state index contributed by atoms with van der Waals surface area (Å²) in [5.74, 6) is 0.111. The normalized spacial score (nSPS) is 14.8. The number of nitrogens with zero attached hydrogens (tertiary/aromatic N) is 1. The number of carbonyl (C=O) groups is 1. The molecular weight excluding hydrogens is 228 g/mol. The molecule has 1 aliphatic heterocycles. The van der Waals surface area contributed by atoms with E-state index in [9.17, 15) is 4.79 Å². The second kappa shape index (κ2) is 5.98. The summed E-state index contributed by atoms with van der Waals surface area (Å²) in [4.78, 5) is 13.5. The second-order valence-electron chi connectivity index (χ2n) is 4.59. The molecule has 0 bridgehead atoms. The van der Waals surface area contributed by atoms with E-state index in [1.165, 1.54) is 11.1 Å². The van der Waals surface area contributed by atoms with Crippen LogP contribution in [0.15, 0.2) is 18.2 Å². The average Bonchev–Trinajstić information content (AvgIpc) is 2.39. The second-order valence-corrected chi connectivity index (χ2v) is 4.59. The van der Waals surface area contributed by atoms with Gasteiger partial charge in [-0.25, -0.2) is 0 Å². The zero-order valence-electron chi connectivity index (χ0n) is 10.8. The number of fused-ring (bicyclic) bond motifs is 1. The Bertz CT molecular complexity index is 432. The lowest BCUT2D eigenvalue weighted by Gasteiger charge is -2.29. The molecule has 98 valence electrons. The molecule has 0 unspecified atom stereocenters. The first-order valence-corrected chi connectivity index (χ1v) is 6.44. The molecule has 1 heterocycles. The fourth-order valence-electron chi connectivity index (χ4n) is 2.38. The minimum Gasteiger partial charge on any atom is -0.395 e. The van der Waals surface area contributed by atoms with E-state index in [0.29, 0.717) is 13.0 Å². The molecule has 2 rings (SSSR count). The molecule has 18 heavy (non-hydrogen) atoms. The minimum atomic E-state index is 0.00663. The molecule has 0 fully saturated rings. The number of likely N-dealkylation sites (N-methyl/N-ethyl adjacent to an activating group) is 1. The first kappa shape index (κ1) is 13.1. The zero-order chi connectivity index (χ0) is 13.0. The molecule has 0 spiro atoms. The van der Waals surface area contributed by atoms with E-state index in [0.717, 1.165) is 25.1 Å². The van der Waals surface area contributed by atoms with Gasteiger partial charge < -0.3 is 15.3 Å². The Morgan fingerprint density at radius 2 is 2.22 bits per heavy atom. The van der Waals surface area contributed by atoms with E-state index >= 15 is 0 Å². The first-order chi connectivity index (χ1) is 8.76. The van der Waals surface area contributed by atoms with Crippen LogP contribution in [0.4, 0.5) is 5.69 Å². The molecule has 4 heteroatoms. The van der Waals surface area contributed by atoms with Crippen LogP contribution in [-0.2, 0) is 17.6 Å². The van der Waals surface area contributed by atoms with E-state index in [-0.39, 0.29) is 12.5 Å². The smallest absolute Gasteiger partial charge is 0.227 e. The van der Waals surface area contributed by atoms with Crippen LogP contribution in [0.5, 0.6) is 0 Å². The van der Waals surface area contributed by atoms with Gasteiger partial charge in [0.1, 0.15) is 0 Å². The van der Waals surface area contributed by atoms with Crippen molar-refractivity contribution in [1.29, 1.82) is 0 Å². The number of hydrogen-bond donors (Lipinski definition) is 2. The summed E-state index contributed by atoms with van der Waals surface area (Å²) in [6, 6.07) is 6.26. The lowest BCUT2D eigenvalue weighted by Crippen LogP contribution is -2.37. The molecule has 1 aliphatic rings. The molecule has 0 saturated carbocycles. The molecule has 0 saturated heterocycles. The fourth-order valence-corrected chi connectivity index (χ4v) is 2.38. The molecule has 0 aromatic heterocycles. The van der Waals surface area contributed by atoms with Gasteiger partial charge in [-0.1, -0.05) is 12.1 Å². The van der Waals surface area contributed by atoms with E-state index in [1.807, 2.05) is 13.1 Å². The Morgan fingerprint density at radius 3 is 2.94 bits per heavy atom. The number of amides is 1. The number of aliphatic hydroxyl groups is 1. The Balaban J connectivity index is 2.22. The highest BCUT2D eigenvalue weighted by Crippen LogP contribution is 2.28. The zero-order valence-corrected chi connectivity index (χ0v) is 10.8. The van der Waals surface area contributed by atoms with Gasteiger partial charge in [-0.3, -0.25) is 4.79 Å². The summed E-state index contributed by atoms with van der Waals surface area (Å²) < 4.78 is 0.